The van der Waals surface area contributed by atoms with E-state index in [1.807, 2.05) is 0 Å². The van der Waals surface area contributed by atoms with Gasteiger partial charge in [-0.15, -0.1) is 0 Å². The number of rotatable bonds is 5. The van der Waals surface area contributed by atoms with Gasteiger partial charge in [-0.3, -0.25) is 9.78 Å². The molecule has 0 aliphatic carbocycles. The Morgan fingerprint density at radius 3 is 2.82 bits per heavy atom. The molecule has 1 heterocycles. The highest BCUT2D eigenvalue weighted by Crippen LogP contribution is 2.00. The first kappa shape index (κ1) is 13.0. The van der Waals surface area contributed by atoms with E-state index in [4.69, 9.17) is 5.11 Å². The summed E-state index contributed by atoms with van der Waals surface area (Å²) in [5, 5.41) is 11.0. The van der Waals surface area contributed by atoms with E-state index >= 15 is 0 Å². The molecule has 0 fully saturated rings. The third-order valence-corrected chi connectivity index (χ3v) is 1.98. The Hall–Kier alpha value is -2.02. The lowest BCUT2D eigenvalue weighted by Crippen LogP contribution is -2.37. The van der Waals surface area contributed by atoms with Crippen LogP contribution in [-0.4, -0.2) is 41.7 Å². The van der Waals surface area contributed by atoms with Gasteiger partial charge in [0, 0.05) is 13.3 Å². The molecule has 0 aliphatic rings. The van der Waals surface area contributed by atoms with Crippen molar-refractivity contribution >= 4 is 11.9 Å². The van der Waals surface area contributed by atoms with Gasteiger partial charge < -0.3 is 15.2 Å². The number of carboxylic acids is 1. The first-order chi connectivity index (χ1) is 8.04. The van der Waals surface area contributed by atoms with E-state index in [-0.39, 0.29) is 12.1 Å². The zero-order valence-electron chi connectivity index (χ0n) is 9.01. The Balaban J connectivity index is 2.58. The highest BCUT2D eigenvalue weighted by molar-refractivity contribution is 5.94. The van der Waals surface area contributed by atoms with Gasteiger partial charge >= 0.3 is 5.97 Å². The summed E-state index contributed by atoms with van der Waals surface area (Å²) in [7, 11) is 1.22. The number of amides is 1. The molecule has 0 aliphatic heterocycles. The third-order valence-electron chi connectivity index (χ3n) is 1.98. The summed E-state index contributed by atoms with van der Waals surface area (Å²) in [5.41, 5.74) is 0.0187. The molecule has 1 amide bonds. The number of nitrogens with one attached hydrogen (secondary N) is 1. The van der Waals surface area contributed by atoms with Crippen molar-refractivity contribution in [1.29, 1.82) is 0 Å². The number of carbonyl (C=O) groups excluding carboxylic acids is 1. The highest BCUT2D eigenvalue weighted by atomic mass is 19.1. The first-order valence-corrected chi connectivity index (χ1v) is 4.69. The molecule has 92 valence electrons. The van der Waals surface area contributed by atoms with Crippen LogP contribution in [-0.2, 0) is 9.53 Å². The van der Waals surface area contributed by atoms with Crippen molar-refractivity contribution < 1.29 is 23.8 Å². The minimum absolute atomic E-state index is 0.0187. The second-order valence-corrected chi connectivity index (χ2v) is 3.16. The number of aliphatic carboxylic acids is 1. The fourth-order valence-electron chi connectivity index (χ4n) is 1.09. The Morgan fingerprint density at radius 1 is 1.59 bits per heavy atom. The Labute approximate surface area is 96.4 Å². The molecular weight excluding hydrogens is 231 g/mol. The smallest absolute Gasteiger partial charge is 0.334 e. The molecule has 0 saturated carbocycles. The fraction of sp³-hybridized carbons (Fsp3) is 0.300. The lowest BCUT2D eigenvalue weighted by Gasteiger charge is -2.11. The van der Waals surface area contributed by atoms with Gasteiger partial charge in [-0.2, -0.15) is 0 Å². The molecule has 0 radical (unpaired) electrons. The van der Waals surface area contributed by atoms with Gasteiger partial charge in [0.05, 0.1) is 18.3 Å². The van der Waals surface area contributed by atoms with E-state index in [9.17, 15) is 14.0 Å². The first-order valence-electron chi connectivity index (χ1n) is 4.69. The molecule has 1 aromatic heterocycles. The summed E-state index contributed by atoms with van der Waals surface area (Å²) >= 11 is 0. The van der Waals surface area contributed by atoms with Gasteiger partial charge in [-0.25, -0.2) is 9.18 Å². The van der Waals surface area contributed by atoms with Crippen LogP contribution in [0.15, 0.2) is 18.5 Å². The van der Waals surface area contributed by atoms with Crippen molar-refractivity contribution in [3.8, 4) is 0 Å². The number of carbonyl (C=O) groups is 2. The second kappa shape index (κ2) is 5.90. The van der Waals surface area contributed by atoms with E-state index in [0.717, 1.165) is 12.3 Å². The van der Waals surface area contributed by atoms with Gasteiger partial charge in [0.15, 0.2) is 6.10 Å². The SMILES string of the molecule is COC(CNC(=O)c1cncc(F)c1)C(=O)O. The van der Waals surface area contributed by atoms with E-state index in [1.54, 1.807) is 0 Å². The second-order valence-electron chi connectivity index (χ2n) is 3.16. The average Bonchev–Trinajstić information content (AvgIpc) is 2.29. The van der Waals surface area contributed by atoms with Crippen LogP contribution in [0.5, 0.6) is 0 Å². The van der Waals surface area contributed by atoms with E-state index in [1.165, 1.54) is 13.3 Å². The molecule has 1 aromatic rings. The van der Waals surface area contributed by atoms with E-state index in [0.29, 0.717) is 0 Å². The third kappa shape index (κ3) is 3.80. The molecule has 1 unspecified atom stereocenters. The molecule has 0 spiro atoms. The predicted octanol–water partition coefficient (Wildman–Crippen LogP) is 0.0501. The number of ether oxygens (including phenoxy) is 1. The van der Waals surface area contributed by atoms with Gasteiger partial charge in [-0.05, 0) is 6.07 Å². The maximum atomic E-state index is 12.8. The summed E-state index contributed by atoms with van der Waals surface area (Å²) in [5.74, 6) is -2.44. The molecule has 6 nitrogen and oxygen atoms in total. The Bertz CT molecular complexity index is 425. The summed E-state index contributed by atoms with van der Waals surface area (Å²) in [6, 6.07) is 1.00. The maximum absolute atomic E-state index is 12.8. The number of halogens is 1. The molecule has 1 atom stereocenters. The number of aromatic nitrogens is 1. The zero-order valence-corrected chi connectivity index (χ0v) is 9.01. The number of nitrogens with zero attached hydrogens (tertiary/aromatic N) is 1. The van der Waals surface area contributed by atoms with Crippen molar-refractivity contribution in [2.45, 2.75) is 6.10 Å². The van der Waals surface area contributed by atoms with Gasteiger partial charge in [-0.1, -0.05) is 0 Å². The molecule has 0 aromatic carbocycles. The molecule has 17 heavy (non-hydrogen) atoms. The molecule has 7 heteroatoms. The molecule has 1 rings (SSSR count). The lowest BCUT2D eigenvalue weighted by molar-refractivity contribution is -0.148. The van der Waals surface area contributed by atoms with E-state index in [2.05, 4.69) is 15.0 Å². The number of carboxylic acid groups (broad SMARTS) is 1. The van der Waals surface area contributed by atoms with Crippen molar-refractivity contribution in [2.24, 2.45) is 0 Å². The van der Waals surface area contributed by atoms with Gasteiger partial charge in [0.1, 0.15) is 5.82 Å². The maximum Gasteiger partial charge on any atom is 0.334 e. The average molecular weight is 242 g/mol. The van der Waals surface area contributed by atoms with Crippen molar-refractivity contribution in [2.75, 3.05) is 13.7 Å². The van der Waals surface area contributed by atoms with Crippen LogP contribution in [0.2, 0.25) is 0 Å². The monoisotopic (exact) mass is 242 g/mol. The van der Waals surface area contributed by atoms with Crippen LogP contribution in [0, 0.1) is 5.82 Å². The van der Waals surface area contributed by atoms with Gasteiger partial charge in [0.2, 0.25) is 0 Å². The van der Waals surface area contributed by atoms with E-state index < -0.39 is 23.8 Å². The van der Waals surface area contributed by atoms with Crippen molar-refractivity contribution in [3.05, 3.63) is 29.8 Å². The minimum Gasteiger partial charge on any atom is -0.479 e. The highest BCUT2D eigenvalue weighted by Gasteiger charge is 2.17. The normalized spacial score (nSPS) is 11.9. The largest absolute Gasteiger partial charge is 0.479 e. The lowest BCUT2D eigenvalue weighted by atomic mass is 10.2. The predicted molar refractivity (Wildman–Crippen MR) is 55.0 cm³/mol. The van der Waals surface area contributed by atoms with Gasteiger partial charge in [0.25, 0.3) is 5.91 Å². The number of methoxy groups -OCH3 is 1. The number of hydrogen-bond donors (Lipinski definition) is 2. The summed E-state index contributed by atoms with van der Waals surface area (Å²) < 4.78 is 17.4. The Morgan fingerprint density at radius 2 is 2.29 bits per heavy atom. The number of pyridine rings is 1. The molecule has 2 N–H and O–H groups in total. The summed E-state index contributed by atoms with van der Waals surface area (Å²) in [6.45, 7) is -0.207. The topological polar surface area (TPSA) is 88.5 Å². The van der Waals surface area contributed by atoms with Crippen LogP contribution in [0.1, 0.15) is 10.4 Å². The molecule has 0 saturated heterocycles. The van der Waals surface area contributed by atoms with Crippen LogP contribution in [0.25, 0.3) is 0 Å². The fourth-order valence-corrected chi connectivity index (χ4v) is 1.09. The minimum atomic E-state index is -1.19. The zero-order chi connectivity index (χ0) is 12.8. The Kier molecular flexibility index (Phi) is 4.53. The van der Waals surface area contributed by atoms with Crippen LogP contribution >= 0.6 is 0 Å². The van der Waals surface area contributed by atoms with Crippen LogP contribution in [0.4, 0.5) is 4.39 Å². The van der Waals surface area contributed by atoms with Crippen LogP contribution in [0.3, 0.4) is 0 Å². The standard InChI is InChI=1S/C10H11FN2O4/c1-17-8(10(15)16)5-13-9(14)6-2-7(11)4-12-3-6/h2-4,8H,5H2,1H3,(H,13,14)(H,15,16). The summed E-state index contributed by atoms with van der Waals surface area (Å²) in [6.07, 6.45) is 1.01. The van der Waals surface area contributed by atoms with Crippen molar-refractivity contribution in [1.82, 2.24) is 10.3 Å². The quantitative estimate of drug-likeness (QED) is 0.761. The van der Waals surface area contributed by atoms with Crippen molar-refractivity contribution in [3.63, 3.8) is 0 Å². The van der Waals surface area contributed by atoms with Crippen LogP contribution < -0.4 is 5.32 Å². The molecule has 0 bridgehead atoms. The molecular formula is C10H11FN2O4. The number of hydrogen-bond acceptors (Lipinski definition) is 4. The summed E-state index contributed by atoms with van der Waals surface area (Å²) in [4.78, 5) is 25.6.